The first-order chi connectivity index (χ1) is 8.45. The molecule has 1 aliphatic rings. The van der Waals surface area contributed by atoms with Gasteiger partial charge in [-0.25, -0.2) is 4.99 Å². The molecular formula is C14H16Br2N2. The van der Waals surface area contributed by atoms with Crippen LogP contribution < -0.4 is 0 Å². The van der Waals surface area contributed by atoms with Crippen molar-refractivity contribution < 1.29 is 0 Å². The largest absolute Gasteiger partial charge is 0.358 e. The van der Waals surface area contributed by atoms with Crippen molar-refractivity contribution in [3.05, 3.63) is 39.4 Å². The fraction of sp³-hybridized carbons (Fsp3) is 0.357. The van der Waals surface area contributed by atoms with Gasteiger partial charge < -0.3 is 4.98 Å². The molecule has 0 amide bonds. The number of hydrogen-bond acceptors (Lipinski definition) is 1. The van der Waals surface area contributed by atoms with Crippen molar-refractivity contribution in [3.63, 3.8) is 0 Å². The SMILES string of the molecule is CC1=C(C)/C(=C/c2[nH]c(CBr)c(C)c2C)N=C1Br. The smallest absolute Gasteiger partial charge is 0.110 e. The maximum Gasteiger partial charge on any atom is 0.110 e. The Morgan fingerprint density at radius 3 is 2.22 bits per heavy atom. The molecule has 1 aromatic heterocycles. The molecule has 0 atom stereocenters. The molecule has 96 valence electrons. The van der Waals surface area contributed by atoms with E-state index in [-0.39, 0.29) is 0 Å². The van der Waals surface area contributed by atoms with E-state index < -0.39 is 0 Å². The average Bonchev–Trinajstić information content (AvgIpc) is 2.75. The van der Waals surface area contributed by atoms with E-state index in [4.69, 9.17) is 0 Å². The number of alkyl halides is 1. The minimum atomic E-state index is 0.851. The molecule has 0 aromatic carbocycles. The molecule has 18 heavy (non-hydrogen) atoms. The number of rotatable bonds is 2. The van der Waals surface area contributed by atoms with Gasteiger partial charge in [0.15, 0.2) is 0 Å². The lowest BCUT2D eigenvalue weighted by atomic mass is 10.1. The molecule has 0 fully saturated rings. The fourth-order valence-corrected chi connectivity index (χ4v) is 3.00. The van der Waals surface area contributed by atoms with Crippen molar-refractivity contribution >= 4 is 42.6 Å². The summed E-state index contributed by atoms with van der Waals surface area (Å²) < 4.78 is 0.938. The number of hydrogen-bond donors (Lipinski definition) is 1. The number of nitrogens with zero attached hydrogens (tertiary/aromatic N) is 1. The predicted octanol–water partition coefficient (Wildman–Crippen LogP) is 5.01. The summed E-state index contributed by atoms with van der Waals surface area (Å²) in [6.45, 7) is 8.48. The molecule has 1 aliphatic heterocycles. The molecule has 0 unspecified atom stereocenters. The summed E-state index contributed by atoms with van der Waals surface area (Å²) in [5, 5.41) is 0.851. The van der Waals surface area contributed by atoms with Crippen LogP contribution in [-0.2, 0) is 5.33 Å². The zero-order valence-electron chi connectivity index (χ0n) is 11.0. The molecular weight excluding hydrogens is 356 g/mol. The summed E-state index contributed by atoms with van der Waals surface area (Å²) in [5.41, 5.74) is 8.47. The highest BCUT2D eigenvalue weighted by Gasteiger charge is 2.16. The number of H-pyrrole nitrogens is 1. The number of aliphatic imine (C=N–C) groups is 1. The minimum Gasteiger partial charge on any atom is -0.358 e. The van der Waals surface area contributed by atoms with Gasteiger partial charge in [-0.1, -0.05) is 15.9 Å². The van der Waals surface area contributed by atoms with E-state index in [9.17, 15) is 0 Å². The number of halogens is 2. The van der Waals surface area contributed by atoms with E-state index in [0.29, 0.717) is 0 Å². The summed E-state index contributed by atoms with van der Waals surface area (Å²) in [6.07, 6.45) is 2.13. The first-order valence-corrected chi connectivity index (χ1v) is 7.75. The second kappa shape index (κ2) is 5.17. The lowest BCUT2D eigenvalue weighted by Crippen LogP contribution is -1.83. The van der Waals surface area contributed by atoms with E-state index in [2.05, 4.69) is 75.6 Å². The Morgan fingerprint density at radius 2 is 1.78 bits per heavy atom. The fourth-order valence-electron chi connectivity index (χ4n) is 1.95. The van der Waals surface area contributed by atoms with Gasteiger partial charge in [0, 0.05) is 16.7 Å². The van der Waals surface area contributed by atoms with Crippen molar-refractivity contribution in [1.29, 1.82) is 0 Å². The van der Waals surface area contributed by atoms with Crippen molar-refractivity contribution in [3.8, 4) is 0 Å². The van der Waals surface area contributed by atoms with Gasteiger partial charge in [-0.2, -0.15) is 0 Å². The molecule has 0 aliphatic carbocycles. The van der Waals surface area contributed by atoms with Gasteiger partial charge in [0.1, 0.15) is 4.62 Å². The molecule has 2 heterocycles. The Balaban J connectivity index is 2.48. The summed E-state index contributed by atoms with van der Waals surface area (Å²) in [5.74, 6) is 0. The van der Waals surface area contributed by atoms with Crippen LogP contribution in [0.15, 0.2) is 21.8 Å². The van der Waals surface area contributed by atoms with E-state index >= 15 is 0 Å². The van der Waals surface area contributed by atoms with E-state index in [1.54, 1.807) is 0 Å². The lowest BCUT2D eigenvalue weighted by Gasteiger charge is -1.98. The molecule has 0 spiro atoms. The average molecular weight is 372 g/mol. The van der Waals surface area contributed by atoms with E-state index in [0.717, 1.165) is 21.3 Å². The van der Waals surface area contributed by atoms with Gasteiger partial charge >= 0.3 is 0 Å². The second-order valence-corrected chi connectivity index (χ2v) is 5.89. The van der Waals surface area contributed by atoms with Gasteiger partial charge in [0.25, 0.3) is 0 Å². The highest BCUT2D eigenvalue weighted by Crippen LogP contribution is 2.30. The third-order valence-corrected chi connectivity index (χ3v) is 4.93. The molecule has 2 rings (SSSR count). The van der Waals surface area contributed by atoms with Crippen LogP contribution in [0.5, 0.6) is 0 Å². The minimum absolute atomic E-state index is 0.851. The Morgan fingerprint density at radius 1 is 1.11 bits per heavy atom. The zero-order chi connectivity index (χ0) is 13.4. The molecule has 2 nitrogen and oxygen atoms in total. The van der Waals surface area contributed by atoms with Gasteiger partial charge in [-0.15, -0.1) is 0 Å². The molecule has 0 bridgehead atoms. The Kier molecular flexibility index (Phi) is 3.97. The lowest BCUT2D eigenvalue weighted by molar-refractivity contribution is 1.20. The summed E-state index contributed by atoms with van der Waals surface area (Å²) in [4.78, 5) is 7.99. The first kappa shape index (κ1) is 13.8. The van der Waals surface area contributed by atoms with Crippen LogP contribution in [0.25, 0.3) is 6.08 Å². The molecule has 1 N–H and O–H groups in total. The van der Waals surface area contributed by atoms with Crippen molar-refractivity contribution in [2.24, 2.45) is 4.99 Å². The van der Waals surface area contributed by atoms with Gasteiger partial charge in [-0.05, 0) is 72.0 Å². The standard InChI is InChI=1S/C14H16Br2N2/c1-7-8(2)13(6-15)17-11(7)5-12-9(3)10(4)14(16)18-12/h5,17H,6H2,1-4H3/b12-5-. The van der Waals surface area contributed by atoms with Gasteiger partial charge in [-0.3, -0.25) is 0 Å². The predicted molar refractivity (Wildman–Crippen MR) is 85.6 cm³/mol. The zero-order valence-corrected chi connectivity index (χ0v) is 14.2. The molecule has 0 saturated heterocycles. The van der Waals surface area contributed by atoms with E-state index in [1.807, 2.05) is 0 Å². The van der Waals surface area contributed by atoms with Crippen molar-refractivity contribution in [2.75, 3.05) is 0 Å². The van der Waals surface area contributed by atoms with Gasteiger partial charge in [0.05, 0.1) is 5.70 Å². The van der Waals surface area contributed by atoms with Gasteiger partial charge in [0.2, 0.25) is 0 Å². The first-order valence-electron chi connectivity index (χ1n) is 5.83. The van der Waals surface area contributed by atoms with Crippen LogP contribution in [0, 0.1) is 13.8 Å². The van der Waals surface area contributed by atoms with Crippen LogP contribution in [0.3, 0.4) is 0 Å². The highest BCUT2D eigenvalue weighted by molar-refractivity contribution is 9.18. The number of nitrogens with one attached hydrogen (secondary N) is 1. The van der Waals surface area contributed by atoms with Crippen molar-refractivity contribution in [2.45, 2.75) is 33.0 Å². The molecule has 0 saturated carbocycles. The quantitative estimate of drug-likeness (QED) is 0.707. The third kappa shape index (κ3) is 2.28. The van der Waals surface area contributed by atoms with Crippen LogP contribution in [0.2, 0.25) is 0 Å². The molecule has 1 aromatic rings. The maximum atomic E-state index is 4.54. The topological polar surface area (TPSA) is 28.1 Å². The van der Waals surface area contributed by atoms with Crippen LogP contribution in [-0.4, -0.2) is 9.60 Å². The Bertz CT molecular complexity index is 589. The summed E-state index contributed by atoms with van der Waals surface area (Å²) >= 11 is 6.99. The summed E-state index contributed by atoms with van der Waals surface area (Å²) in [6, 6.07) is 0. The number of aromatic nitrogens is 1. The molecule has 4 heteroatoms. The Hall–Kier alpha value is -0.610. The van der Waals surface area contributed by atoms with Crippen molar-refractivity contribution in [1.82, 2.24) is 4.98 Å². The second-order valence-electron chi connectivity index (χ2n) is 4.58. The number of aromatic amines is 1. The molecule has 0 radical (unpaired) electrons. The third-order valence-electron chi connectivity index (χ3n) is 3.59. The van der Waals surface area contributed by atoms with Crippen LogP contribution in [0.1, 0.15) is 36.4 Å². The number of allylic oxidation sites excluding steroid dienone is 2. The van der Waals surface area contributed by atoms with E-state index in [1.165, 1.54) is 28.0 Å². The van der Waals surface area contributed by atoms with Crippen LogP contribution in [0.4, 0.5) is 0 Å². The maximum absolute atomic E-state index is 4.54. The monoisotopic (exact) mass is 370 g/mol. The Labute approximate surface area is 125 Å². The highest BCUT2D eigenvalue weighted by atomic mass is 79.9. The van der Waals surface area contributed by atoms with Crippen LogP contribution >= 0.6 is 31.9 Å². The summed E-state index contributed by atoms with van der Waals surface area (Å²) in [7, 11) is 0. The normalized spacial score (nSPS) is 17.9.